The summed E-state index contributed by atoms with van der Waals surface area (Å²) in [6.07, 6.45) is 3.65. The molecule has 4 nitrogen and oxygen atoms in total. The number of carbonyl (C=O) groups excluding carboxylic acids is 2. The smallest absolute Gasteiger partial charge is 0.330 e. The van der Waals surface area contributed by atoms with Gasteiger partial charge in [0.1, 0.15) is 6.61 Å². The van der Waals surface area contributed by atoms with Crippen molar-refractivity contribution in [3.8, 4) is 0 Å². The third kappa shape index (κ3) is 4.29. The van der Waals surface area contributed by atoms with E-state index in [0.717, 1.165) is 6.08 Å². The van der Waals surface area contributed by atoms with Gasteiger partial charge < -0.3 is 10.1 Å². The van der Waals surface area contributed by atoms with Crippen molar-refractivity contribution in [3.05, 3.63) is 25.3 Å². The third-order valence-corrected chi connectivity index (χ3v) is 2.58. The average Bonchev–Trinajstić information content (AvgIpc) is 2.33. The van der Waals surface area contributed by atoms with Crippen LogP contribution >= 0.6 is 0 Å². The van der Waals surface area contributed by atoms with Gasteiger partial charge >= 0.3 is 5.97 Å². The molecule has 0 unspecified atom stereocenters. The summed E-state index contributed by atoms with van der Waals surface area (Å²) in [5.41, 5.74) is -0.524. The van der Waals surface area contributed by atoms with Gasteiger partial charge in [0.25, 0.3) is 0 Å². The molecule has 0 aromatic carbocycles. The first-order valence-corrected chi connectivity index (χ1v) is 5.27. The number of nitrogens with one attached hydrogen (secondary N) is 1. The topological polar surface area (TPSA) is 55.4 Å². The van der Waals surface area contributed by atoms with Gasteiger partial charge in [-0.2, -0.15) is 0 Å². The van der Waals surface area contributed by atoms with Crippen molar-refractivity contribution >= 4 is 11.9 Å². The van der Waals surface area contributed by atoms with Crippen molar-refractivity contribution < 1.29 is 14.3 Å². The van der Waals surface area contributed by atoms with Crippen LogP contribution in [0.1, 0.15) is 26.7 Å². The summed E-state index contributed by atoms with van der Waals surface area (Å²) in [6, 6.07) is 0. The largest absolute Gasteiger partial charge is 0.460 e. The van der Waals surface area contributed by atoms with Crippen LogP contribution in [-0.4, -0.2) is 24.0 Å². The molecule has 0 bridgehead atoms. The molecule has 90 valence electrons. The van der Waals surface area contributed by atoms with Crippen molar-refractivity contribution in [1.29, 1.82) is 0 Å². The van der Waals surface area contributed by atoms with Crippen molar-refractivity contribution in [1.82, 2.24) is 5.32 Å². The number of carbonyl (C=O) groups is 2. The molecule has 0 heterocycles. The lowest BCUT2D eigenvalue weighted by atomic mass is 9.93. The fraction of sp³-hybridized carbons (Fsp3) is 0.500. The maximum Gasteiger partial charge on any atom is 0.330 e. The highest BCUT2D eigenvalue weighted by molar-refractivity contribution is 5.87. The molecule has 0 saturated heterocycles. The SMILES string of the molecule is C=CC(=O)NC(CC)(CC)COC(=O)C=C. The summed E-state index contributed by atoms with van der Waals surface area (Å²) in [5.74, 6) is -0.752. The van der Waals surface area contributed by atoms with Crippen LogP contribution in [0.5, 0.6) is 0 Å². The molecule has 0 aromatic rings. The van der Waals surface area contributed by atoms with Gasteiger partial charge in [-0.25, -0.2) is 4.79 Å². The Kier molecular flexibility index (Phi) is 6.15. The average molecular weight is 225 g/mol. The molecule has 0 aliphatic rings. The lowest BCUT2D eigenvalue weighted by Crippen LogP contribution is -2.50. The maximum absolute atomic E-state index is 11.3. The molecule has 0 saturated carbocycles. The second-order valence-electron chi connectivity index (χ2n) is 3.49. The zero-order chi connectivity index (χ0) is 12.6. The van der Waals surface area contributed by atoms with E-state index in [1.54, 1.807) is 0 Å². The molecule has 1 N–H and O–H groups in total. The van der Waals surface area contributed by atoms with Crippen LogP contribution in [0.4, 0.5) is 0 Å². The van der Waals surface area contributed by atoms with E-state index in [1.807, 2.05) is 13.8 Å². The van der Waals surface area contributed by atoms with Crippen LogP contribution in [-0.2, 0) is 14.3 Å². The standard InChI is InChI=1S/C12H19NO3/c1-5-10(14)13-12(7-3,8-4)9-16-11(15)6-2/h5-6H,1-2,7-9H2,3-4H3,(H,13,14). The molecule has 0 aromatic heterocycles. The number of hydrogen-bond donors (Lipinski definition) is 1. The van der Waals surface area contributed by atoms with Crippen LogP contribution in [0.3, 0.4) is 0 Å². The first-order valence-electron chi connectivity index (χ1n) is 5.27. The Bertz CT molecular complexity index is 280. The van der Waals surface area contributed by atoms with Crippen LogP contribution in [0.15, 0.2) is 25.3 Å². The summed E-state index contributed by atoms with van der Waals surface area (Å²) in [5, 5.41) is 2.79. The Hall–Kier alpha value is -1.58. The second kappa shape index (κ2) is 6.82. The molecule has 0 fully saturated rings. The normalized spacial score (nSPS) is 10.4. The third-order valence-electron chi connectivity index (χ3n) is 2.58. The zero-order valence-corrected chi connectivity index (χ0v) is 9.91. The van der Waals surface area contributed by atoms with Gasteiger partial charge in [-0.1, -0.05) is 27.0 Å². The minimum absolute atomic E-state index is 0.143. The van der Waals surface area contributed by atoms with Crippen LogP contribution in [0.25, 0.3) is 0 Å². The van der Waals surface area contributed by atoms with Crippen LogP contribution < -0.4 is 5.32 Å². The summed E-state index contributed by atoms with van der Waals surface area (Å²) in [7, 11) is 0. The van der Waals surface area contributed by atoms with Gasteiger partial charge in [0.15, 0.2) is 0 Å². The van der Waals surface area contributed by atoms with E-state index < -0.39 is 11.5 Å². The summed E-state index contributed by atoms with van der Waals surface area (Å²) in [6.45, 7) is 10.7. The molecule has 0 rings (SSSR count). The number of rotatable bonds is 7. The van der Waals surface area contributed by atoms with E-state index in [4.69, 9.17) is 4.74 Å². The summed E-state index contributed by atoms with van der Waals surface area (Å²) in [4.78, 5) is 22.2. The maximum atomic E-state index is 11.3. The number of amides is 1. The van der Waals surface area contributed by atoms with E-state index in [0.29, 0.717) is 12.8 Å². The molecule has 0 aliphatic carbocycles. The fourth-order valence-corrected chi connectivity index (χ4v) is 1.25. The highest BCUT2D eigenvalue weighted by Crippen LogP contribution is 2.15. The molecule has 4 heteroatoms. The zero-order valence-electron chi connectivity index (χ0n) is 9.91. The Balaban J connectivity index is 4.54. The highest BCUT2D eigenvalue weighted by Gasteiger charge is 2.28. The first-order chi connectivity index (χ1) is 7.53. The van der Waals surface area contributed by atoms with E-state index in [9.17, 15) is 9.59 Å². The van der Waals surface area contributed by atoms with E-state index in [2.05, 4.69) is 18.5 Å². The van der Waals surface area contributed by atoms with Gasteiger partial charge in [0.2, 0.25) is 5.91 Å². The van der Waals surface area contributed by atoms with Crippen molar-refractivity contribution in [2.45, 2.75) is 32.2 Å². The minimum atomic E-state index is -0.524. The van der Waals surface area contributed by atoms with Gasteiger partial charge in [-0.15, -0.1) is 0 Å². The van der Waals surface area contributed by atoms with Gasteiger partial charge in [-0.05, 0) is 18.9 Å². The van der Waals surface area contributed by atoms with Gasteiger partial charge in [0.05, 0.1) is 5.54 Å². The predicted octanol–water partition coefficient (Wildman–Crippen LogP) is 1.58. The summed E-state index contributed by atoms with van der Waals surface area (Å²) < 4.78 is 4.98. The molecule has 0 spiro atoms. The Morgan fingerprint density at radius 3 is 2.19 bits per heavy atom. The van der Waals surface area contributed by atoms with Gasteiger partial charge in [0, 0.05) is 6.08 Å². The van der Waals surface area contributed by atoms with Crippen molar-refractivity contribution in [2.24, 2.45) is 0 Å². The van der Waals surface area contributed by atoms with Gasteiger partial charge in [-0.3, -0.25) is 4.79 Å². The number of ether oxygens (including phenoxy) is 1. The Morgan fingerprint density at radius 1 is 1.25 bits per heavy atom. The monoisotopic (exact) mass is 225 g/mol. The molecule has 16 heavy (non-hydrogen) atoms. The van der Waals surface area contributed by atoms with Crippen molar-refractivity contribution in [3.63, 3.8) is 0 Å². The van der Waals surface area contributed by atoms with Crippen LogP contribution in [0.2, 0.25) is 0 Å². The quantitative estimate of drug-likeness (QED) is 0.528. The molecule has 0 aliphatic heterocycles. The fourth-order valence-electron chi connectivity index (χ4n) is 1.25. The lowest BCUT2D eigenvalue weighted by molar-refractivity contribution is -0.141. The number of hydrogen-bond acceptors (Lipinski definition) is 3. The molecule has 0 radical (unpaired) electrons. The Labute approximate surface area is 96.4 Å². The van der Waals surface area contributed by atoms with Crippen molar-refractivity contribution in [2.75, 3.05) is 6.61 Å². The van der Waals surface area contributed by atoms with E-state index in [-0.39, 0.29) is 12.5 Å². The molecule has 1 amide bonds. The minimum Gasteiger partial charge on any atom is -0.460 e. The first kappa shape index (κ1) is 14.4. The van der Waals surface area contributed by atoms with E-state index >= 15 is 0 Å². The molecular formula is C12H19NO3. The molecule has 0 atom stereocenters. The lowest BCUT2D eigenvalue weighted by Gasteiger charge is -2.31. The predicted molar refractivity (Wildman–Crippen MR) is 62.8 cm³/mol. The Morgan fingerprint density at radius 2 is 1.81 bits per heavy atom. The second-order valence-corrected chi connectivity index (χ2v) is 3.49. The molecular weight excluding hydrogens is 206 g/mol. The number of esters is 1. The summed E-state index contributed by atoms with van der Waals surface area (Å²) >= 11 is 0. The highest BCUT2D eigenvalue weighted by atomic mass is 16.5. The van der Waals surface area contributed by atoms with E-state index in [1.165, 1.54) is 6.08 Å². The van der Waals surface area contributed by atoms with Crippen LogP contribution in [0, 0.1) is 0 Å².